The van der Waals surface area contributed by atoms with Crippen LogP contribution < -0.4 is 20.9 Å². The van der Waals surface area contributed by atoms with Gasteiger partial charge in [0.1, 0.15) is 11.6 Å². The van der Waals surface area contributed by atoms with E-state index in [2.05, 4.69) is 9.97 Å². The molecular formula is C21H20N4O4. The van der Waals surface area contributed by atoms with Crippen LogP contribution in [0.15, 0.2) is 53.3 Å². The third-order valence-electron chi connectivity index (χ3n) is 4.86. The number of anilines is 1. The van der Waals surface area contributed by atoms with E-state index < -0.39 is 12.0 Å². The summed E-state index contributed by atoms with van der Waals surface area (Å²) in [6, 6.07) is 14.2. The van der Waals surface area contributed by atoms with Gasteiger partial charge in [-0.15, -0.1) is 0 Å². The van der Waals surface area contributed by atoms with Gasteiger partial charge in [-0.3, -0.25) is 14.4 Å². The first-order valence-corrected chi connectivity index (χ1v) is 9.36. The van der Waals surface area contributed by atoms with Crippen molar-refractivity contribution in [3.8, 4) is 5.75 Å². The van der Waals surface area contributed by atoms with Gasteiger partial charge in [0.05, 0.1) is 23.1 Å². The summed E-state index contributed by atoms with van der Waals surface area (Å²) in [6.45, 7) is 0.0796. The number of ether oxygens (including phenoxy) is 1. The van der Waals surface area contributed by atoms with E-state index in [1.807, 2.05) is 6.07 Å². The summed E-state index contributed by atoms with van der Waals surface area (Å²) in [6.07, 6.45) is 0.307. The molecule has 2 amide bonds. The van der Waals surface area contributed by atoms with E-state index in [1.165, 1.54) is 4.90 Å². The normalized spacial score (nSPS) is 15.6. The second-order valence-corrected chi connectivity index (χ2v) is 6.86. The van der Waals surface area contributed by atoms with E-state index in [0.29, 0.717) is 41.0 Å². The minimum absolute atomic E-state index is 0.0796. The molecule has 0 spiro atoms. The van der Waals surface area contributed by atoms with Crippen molar-refractivity contribution in [1.29, 1.82) is 0 Å². The van der Waals surface area contributed by atoms with E-state index in [9.17, 15) is 14.4 Å². The number of nitrogens with zero attached hydrogens (tertiary/aromatic N) is 2. The lowest BCUT2D eigenvalue weighted by Crippen LogP contribution is -2.49. The average Bonchev–Trinajstić information content (AvgIpc) is 2.73. The molecule has 0 bridgehead atoms. The van der Waals surface area contributed by atoms with Crippen LogP contribution in [0.1, 0.15) is 18.7 Å². The number of para-hydroxylation sites is 3. The fraction of sp³-hybridized carbons (Fsp3) is 0.238. The van der Waals surface area contributed by atoms with Crippen LogP contribution in [0.4, 0.5) is 5.69 Å². The van der Waals surface area contributed by atoms with Gasteiger partial charge in [-0.25, -0.2) is 4.98 Å². The van der Waals surface area contributed by atoms with Crippen molar-refractivity contribution in [2.24, 2.45) is 5.73 Å². The minimum atomic E-state index is -0.882. The van der Waals surface area contributed by atoms with Crippen LogP contribution in [0.2, 0.25) is 0 Å². The molecule has 0 fully saturated rings. The number of benzene rings is 2. The highest BCUT2D eigenvalue weighted by atomic mass is 16.5. The molecule has 8 heteroatoms. The molecule has 1 unspecified atom stereocenters. The number of aryl methyl sites for hydroxylation is 1. The molecule has 1 atom stereocenters. The Kier molecular flexibility index (Phi) is 4.99. The number of aromatic nitrogens is 2. The summed E-state index contributed by atoms with van der Waals surface area (Å²) in [5.74, 6) is 0.237. The summed E-state index contributed by atoms with van der Waals surface area (Å²) in [5, 5.41) is 0.537. The first-order chi connectivity index (χ1) is 14.0. The molecule has 3 N–H and O–H groups in total. The smallest absolute Gasteiger partial charge is 0.260 e. The number of fused-ring (bicyclic) bond motifs is 2. The van der Waals surface area contributed by atoms with Gasteiger partial charge in [-0.2, -0.15) is 0 Å². The summed E-state index contributed by atoms with van der Waals surface area (Å²) in [7, 11) is 0. The van der Waals surface area contributed by atoms with E-state index in [4.69, 9.17) is 10.5 Å². The van der Waals surface area contributed by atoms with Crippen molar-refractivity contribution in [2.75, 3.05) is 11.4 Å². The number of carbonyl (C=O) groups is 2. The Hall–Kier alpha value is -3.68. The highest BCUT2D eigenvalue weighted by Crippen LogP contribution is 2.33. The van der Waals surface area contributed by atoms with Crippen molar-refractivity contribution in [1.82, 2.24) is 9.97 Å². The van der Waals surface area contributed by atoms with Crippen LogP contribution in [0, 0.1) is 0 Å². The topological polar surface area (TPSA) is 118 Å². The number of hydrogen-bond acceptors (Lipinski definition) is 5. The van der Waals surface area contributed by atoms with Crippen molar-refractivity contribution in [3.63, 3.8) is 0 Å². The van der Waals surface area contributed by atoms with Crippen LogP contribution in [0.3, 0.4) is 0 Å². The maximum Gasteiger partial charge on any atom is 0.260 e. The predicted molar refractivity (Wildman–Crippen MR) is 108 cm³/mol. The summed E-state index contributed by atoms with van der Waals surface area (Å²) >= 11 is 0. The zero-order valence-electron chi connectivity index (χ0n) is 15.6. The van der Waals surface area contributed by atoms with E-state index in [1.54, 1.807) is 42.5 Å². The van der Waals surface area contributed by atoms with Crippen LogP contribution in [0.5, 0.6) is 5.75 Å². The highest BCUT2D eigenvalue weighted by molar-refractivity contribution is 5.97. The van der Waals surface area contributed by atoms with Gasteiger partial charge in [-0.1, -0.05) is 24.3 Å². The number of primary amides is 1. The fourth-order valence-electron chi connectivity index (χ4n) is 3.41. The number of carbonyl (C=O) groups excluding carboxylic acids is 2. The van der Waals surface area contributed by atoms with Crippen LogP contribution in [-0.2, 0) is 16.0 Å². The molecule has 3 aromatic rings. The second kappa shape index (κ2) is 7.75. The lowest BCUT2D eigenvalue weighted by molar-refractivity contribution is -0.125. The number of aromatic amines is 1. The Balaban J connectivity index is 1.46. The van der Waals surface area contributed by atoms with E-state index >= 15 is 0 Å². The Morgan fingerprint density at radius 1 is 1.17 bits per heavy atom. The summed E-state index contributed by atoms with van der Waals surface area (Å²) in [5.41, 5.74) is 6.43. The largest absolute Gasteiger partial charge is 0.477 e. The molecule has 4 rings (SSSR count). The Morgan fingerprint density at radius 3 is 2.76 bits per heavy atom. The molecule has 1 aromatic heterocycles. The average molecular weight is 392 g/mol. The highest BCUT2D eigenvalue weighted by Gasteiger charge is 2.32. The maximum atomic E-state index is 12.8. The lowest BCUT2D eigenvalue weighted by atomic mass is 10.1. The molecule has 0 saturated heterocycles. The van der Waals surface area contributed by atoms with Gasteiger partial charge >= 0.3 is 0 Å². The fourth-order valence-corrected chi connectivity index (χ4v) is 3.41. The van der Waals surface area contributed by atoms with Crippen molar-refractivity contribution >= 4 is 28.4 Å². The van der Waals surface area contributed by atoms with Gasteiger partial charge in [0, 0.05) is 12.8 Å². The van der Waals surface area contributed by atoms with Gasteiger partial charge in [0.15, 0.2) is 6.10 Å². The molecule has 148 valence electrons. The Morgan fingerprint density at radius 2 is 1.93 bits per heavy atom. The predicted octanol–water partition coefficient (Wildman–Crippen LogP) is 1.53. The molecule has 0 radical (unpaired) electrons. The monoisotopic (exact) mass is 392 g/mol. The summed E-state index contributed by atoms with van der Waals surface area (Å²) < 4.78 is 5.58. The number of rotatable bonds is 5. The SMILES string of the molecule is NC(=O)C1CN(C(=O)CCCc2nc3ccccc3c(=O)[nH]2)c2ccccc2O1. The molecular weight excluding hydrogens is 372 g/mol. The number of hydrogen-bond donors (Lipinski definition) is 2. The standard InChI is InChI=1S/C21H20N4O4/c22-20(27)17-12-25(15-8-3-4-9-16(15)29-17)19(26)11-5-10-18-23-14-7-2-1-6-13(14)21(28)24-18/h1-4,6-9,17H,5,10-12H2,(H2,22,27)(H,23,24,28). The minimum Gasteiger partial charge on any atom is -0.477 e. The van der Waals surface area contributed by atoms with Gasteiger partial charge < -0.3 is 20.4 Å². The van der Waals surface area contributed by atoms with Crippen molar-refractivity contribution in [3.05, 3.63) is 64.7 Å². The molecule has 2 heterocycles. The number of nitrogens with one attached hydrogen (secondary N) is 1. The van der Waals surface area contributed by atoms with Crippen LogP contribution >= 0.6 is 0 Å². The lowest BCUT2D eigenvalue weighted by Gasteiger charge is -2.33. The number of H-pyrrole nitrogens is 1. The molecule has 2 aromatic carbocycles. The molecule has 0 aliphatic carbocycles. The van der Waals surface area contributed by atoms with Gasteiger partial charge in [0.2, 0.25) is 5.91 Å². The number of amides is 2. The van der Waals surface area contributed by atoms with E-state index in [-0.39, 0.29) is 24.4 Å². The first kappa shape index (κ1) is 18.7. The third kappa shape index (κ3) is 3.82. The Labute approximate surface area is 166 Å². The molecule has 0 saturated carbocycles. The Bertz CT molecular complexity index is 1140. The third-order valence-corrected chi connectivity index (χ3v) is 4.86. The number of nitrogens with two attached hydrogens (primary N) is 1. The van der Waals surface area contributed by atoms with Gasteiger partial charge in [0.25, 0.3) is 11.5 Å². The van der Waals surface area contributed by atoms with Gasteiger partial charge in [-0.05, 0) is 30.7 Å². The summed E-state index contributed by atoms with van der Waals surface area (Å²) in [4.78, 5) is 45.3. The quantitative estimate of drug-likeness (QED) is 0.683. The molecule has 8 nitrogen and oxygen atoms in total. The molecule has 1 aliphatic heterocycles. The van der Waals surface area contributed by atoms with Crippen LogP contribution in [0.25, 0.3) is 10.9 Å². The van der Waals surface area contributed by atoms with Crippen molar-refractivity contribution in [2.45, 2.75) is 25.4 Å². The molecule has 29 heavy (non-hydrogen) atoms. The molecule has 1 aliphatic rings. The maximum absolute atomic E-state index is 12.8. The first-order valence-electron chi connectivity index (χ1n) is 9.36. The zero-order chi connectivity index (χ0) is 20.4. The van der Waals surface area contributed by atoms with Crippen LogP contribution in [-0.4, -0.2) is 34.4 Å². The van der Waals surface area contributed by atoms with E-state index in [0.717, 1.165) is 0 Å². The second-order valence-electron chi connectivity index (χ2n) is 6.86. The van der Waals surface area contributed by atoms with Crippen molar-refractivity contribution < 1.29 is 14.3 Å². The zero-order valence-corrected chi connectivity index (χ0v) is 15.6.